The molecule has 0 aliphatic heterocycles. The summed E-state index contributed by atoms with van der Waals surface area (Å²) in [6.45, 7) is 3.21. The number of hydrogen-bond donors (Lipinski definition) is 2. The number of rotatable bonds is 6. The number of ether oxygens (including phenoxy) is 1. The molecule has 1 atom stereocenters. The summed E-state index contributed by atoms with van der Waals surface area (Å²) in [5, 5.41) is 13.0. The average molecular weight is 249 g/mol. The molecule has 0 radical (unpaired) electrons. The first kappa shape index (κ1) is 13.5. The molecule has 0 saturated heterocycles. The van der Waals surface area contributed by atoms with E-state index >= 15 is 0 Å². The number of hydrogen-bond acceptors (Lipinski definition) is 3. The van der Waals surface area contributed by atoms with Gasteiger partial charge in [0.1, 0.15) is 0 Å². The first-order valence-electron chi connectivity index (χ1n) is 6.66. The van der Waals surface area contributed by atoms with Crippen molar-refractivity contribution in [1.29, 1.82) is 0 Å². The molecule has 0 heterocycles. The second-order valence-electron chi connectivity index (χ2n) is 5.24. The second kappa shape index (κ2) is 6.32. The van der Waals surface area contributed by atoms with Gasteiger partial charge in [0.05, 0.1) is 12.7 Å². The van der Waals surface area contributed by atoms with Crippen molar-refractivity contribution in [1.82, 2.24) is 5.32 Å². The molecule has 0 bridgehead atoms. The van der Waals surface area contributed by atoms with Gasteiger partial charge < -0.3 is 15.2 Å². The van der Waals surface area contributed by atoms with Gasteiger partial charge in [0.2, 0.25) is 0 Å². The Morgan fingerprint density at radius 2 is 2.11 bits per heavy atom. The number of aliphatic hydroxyl groups is 1. The summed E-state index contributed by atoms with van der Waals surface area (Å²) in [5.74, 6) is 0.684. The molecular formula is C15H23NO2. The predicted molar refractivity (Wildman–Crippen MR) is 72.8 cm³/mol. The molecule has 1 saturated carbocycles. The number of aryl methyl sites for hydroxylation is 1. The zero-order valence-corrected chi connectivity index (χ0v) is 11.2. The van der Waals surface area contributed by atoms with Gasteiger partial charge in [0, 0.05) is 19.7 Å². The molecular weight excluding hydrogens is 226 g/mol. The van der Waals surface area contributed by atoms with E-state index in [0.29, 0.717) is 25.1 Å². The third kappa shape index (κ3) is 3.31. The van der Waals surface area contributed by atoms with Crippen molar-refractivity contribution in [3.05, 3.63) is 35.4 Å². The van der Waals surface area contributed by atoms with Crippen molar-refractivity contribution in [3.8, 4) is 0 Å². The highest BCUT2D eigenvalue weighted by molar-refractivity contribution is 5.31. The lowest BCUT2D eigenvalue weighted by Crippen LogP contribution is -2.44. The molecule has 3 heteroatoms. The molecule has 3 nitrogen and oxygen atoms in total. The van der Waals surface area contributed by atoms with Gasteiger partial charge in [-0.15, -0.1) is 0 Å². The Labute approximate surface area is 109 Å². The van der Waals surface area contributed by atoms with Crippen LogP contribution >= 0.6 is 0 Å². The number of aliphatic hydroxyl groups excluding tert-OH is 1. The number of benzene rings is 1. The van der Waals surface area contributed by atoms with E-state index in [1.165, 1.54) is 24.0 Å². The molecule has 18 heavy (non-hydrogen) atoms. The smallest absolute Gasteiger partial charge is 0.0897 e. The molecule has 0 amide bonds. The maximum Gasteiger partial charge on any atom is 0.0897 e. The Morgan fingerprint density at radius 1 is 1.39 bits per heavy atom. The molecule has 1 aliphatic carbocycles. The molecule has 2 N–H and O–H groups in total. The highest BCUT2D eigenvalue weighted by atomic mass is 16.5. The van der Waals surface area contributed by atoms with E-state index in [0.717, 1.165) is 0 Å². The van der Waals surface area contributed by atoms with E-state index < -0.39 is 6.10 Å². The third-order valence-electron chi connectivity index (χ3n) is 3.77. The summed E-state index contributed by atoms with van der Waals surface area (Å²) in [7, 11) is 1.61. The van der Waals surface area contributed by atoms with Crippen LogP contribution in [0.25, 0.3) is 0 Å². The maximum absolute atomic E-state index is 9.56. The zero-order valence-electron chi connectivity index (χ0n) is 11.2. The van der Waals surface area contributed by atoms with Crippen molar-refractivity contribution < 1.29 is 9.84 Å². The van der Waals surface area contributed by atoms with Crippen LogP contribution in [-0.2, 0) is 4.74 Å². The molecule has 1 aromatic rings. The normalized spacial score (nSPS) is 24.6. The molecule has 0 aromatic heterocycles. The van der Waals surface area contributed by atoms with Gasteiger partial charge in [0.15, 0.2) is 0 Å². The maximum atomic E-state index is 9.56. The van der Waals surface area contributed by atoms with E-state index in [-0.39, 0.29) is 0 Å². The summed E-state index contributed by atoms with van der Waals surface area (Å²) >= 11 is 0. The Balaban J connectivity index is 1.73. The fraction of sp³-hybridized carbons (Fsp3) is 0.600. The third-order valence-corrected chi connectivity index (χ3v) is 3.77. The fourth-order valence-electron chi connectivity index (χ4n) is 2.64. The summed E-state index contributed by atoms with van der Waals surface area (Å²) in [6, 6.07) is 9.16. The lowest BCUT2D eigenvalue weighted by molar-refractivity contribution is 0.0597. The van der Waals surface area contributed by atoms with Gasteiger partial charge in [-0.3, -0.25) is 0 Å². The van der Waals surface area contributed by atoms with Crippen LogP contribution in [0.15, 0.2) is 24.3 Å². The van der Waals surface area contributed by atoms with E-state index in [1.54, 1.807) is 7.11 Å². The summed E-state index contributed by atoms with van der Waals surface area (Å²) in [4.78, 5) is 0. The van der Waals surface area contributed by atoms with Gasteiger partial charge in [-0.1, -0.05) is 24.3 Å². The predicted octanol–water partition coefficient (Wildman–Crippen LogP) is 1.84. The summed E-state index contributed by atoms with van der Waals surface area (Å²) < 4.78 is 4.90. The molecule has 1 fully saturated rings. The van der Waals surface area contributed by atoms with Crippen molar-refractivity contribution in [2.45, 2.75) is 37.8 Å². The molecule has 0 spiro atoms. The van der Waals surface area contributed by atoms with E-state index in [2.05, 4.69) is 36.5 Å². The van der Waals surface area contributed by atoms with Crippen LogP contribution in [-0.4, -0.2) is 37.5 Å². The molecule has 1 aliphatic rings. The topological polar surface area (TPSA) is 41.5 Å². The highest BCUT2D eigenvalue weighted by Crippen LogP contribution is 2.38. The Bertz CT molecular complexity index is 375. The van der Waals surface area contributed by atoms with E-state index in [4.69, 9.17) is 4.74 Å². The van der Waals surface area contributed by atoms with Crippen LogP contribution in [0.2, 0.25) is 0 Å². The van der Waals surface area contributed by atoms with Crippen LogP contribution in [0.3, 0.4) is 0 Å². The Hall–Kier alpha value is -0.900. The SMILES string of the molecule is COC[C@@H](O)CNC1CC(c2ccccc2C)C1. The molecule has 100 valence electrons. The van der Waals surface area contributed by atoms with Crippen molar-refractivity contribution in [2.24, 2.45) is 0 Å². The van der Waals surface area contributed by atoms with Gasteiger partial charge >= 0.3 is 0 Å². The summed E-state index contributed by atoms with van der Waals surface area (Å²) in [6.07, 6.45) is 1.95. The van der Waals surface area contributed by atoms with Gasteiger partial charge in [-0.25, -0.2) is 0 Å². The fourth-order valence-corrected chi connectivity index (χ4v) is 2.64. The van der Waals surface area contributed by atoms with Crippen molar-refractivity contribution in [3.63, 3.8) is 0 Å². The van der Waals surface area contributed by atoms with Gasteiger partial charge in [-0.05, 0) is 36.8 Å². The van der Waals surface area contributed by atoms with Crippen LogP contribution in [0, 0.1) is 6.92 Å². The lowest BCUT2D eigenvalue weighted by atomic mass is 9.74. The minimum absolute atomic E-state index is 0.396. The lowest BCUT2D eigenvalue weighted by Gasteiger charge is -2.37. The second-order valence-corrected chi connectivity index (χ2v) is 5.24. The van der Waals surface area contributed by atoms with Crippen LogP contribution in [0.5, 0.6) is 0 Å². The number of nitrogens with one attached hydrogen (secondary N) is 1. The molecule has 0 unspecified atom stereocenters. The quantitative estimate of drug-likeness (QED) is 0.808. The van der Waals surface area contributed by atoms with Crippen LogP contribution in [0.1, 0.15) is 29.9 Å². The largest absolute Gasteiger partial charge is 0.389 e. The van der Waals surface area contributed by atoms with Gasteiger partial charge in [0.25, 0.3) is 0 Å². The zero-order chi connectivity index (χ0) is 13.0. The number of methoxy groups -OCH3 is 1. The Morgan fingerprint density at radius 3 is 2.78 bits per heavy atom. The van der Waals surface area contributed by atoms with Crippen molar-refractivity contribution in [2.75, 3.05) is 20.3 Å². The van der Waals surface area contributed by atoms with Crippen LogP contribution < -0.4 is 5.32 Å². The van der Waals surface area contributed by atoms with E-state index in [9.17, 15) is 5.11 Å². The minimum atomic E-state index is -0.396. The minimum Gasteiger partial charge on any atom is -0.389 e. The highest BCUT2D eigenvalue weighted by Gasteiger charge is 2.30. The van der Waals surface area contributed by atoms with E-state index in [1.807, 2.05) is 0 Å². The van der Waals surface area contributed by atoms with Crippen molar-refractivity contribution >= 4 is 0 Å². The average Bonchev–Trinajstić information content (AvgIpc) is 2.29. The Kier molecular flexibility index (Phi) is 4.75. The summed E-state index contributed by atoms with van der Waals surface area (Å²) in [5.41, 5.74) is 2.87. The molecule has 2 rings (SSSR count). The molecule has 1 aromatic carbocycles. The first-order valence-corrected chi connectivity index (χ1v) is 6.66. The standard InChI is InChI=1S/C15H23NO2/c1-11-5-3-4-6-15(11)12-7-13(8-12)16-9-14(17)10-18-2/h3-6,12-14,16-17H,7-10H2,1-2H3/t12?,13?,14-/m0/s1. The monoisotopic (exact) mass is 249 g/mol. The first-order chi connectivity index (χ1) is 8.70. The van der Waals surface area contributed by atoms with Gasteiger partial charge in [-0.2, -0.15) is 0 Å². The van der Waals surface area contributed by atoms with Crippen LogP contribution in [0.4, 0.5) is 0 Å².